The van der Waals surface area contributed by atoms with Gasteiger partial charge in [-0.2, -0.15) is 0 Å². The third kappa shape index (κ3) is 5.25. The topological polar surface area (TPSA) is 3.24 Å². The molecule has 0 aromatic heterocycles. The molecule has 0 bridgehead atoms. The molecule has 62 heavy (non-hydrogen) atoms. The molecule has 0 radical (unpaired) electrons. The van der Waals surface area contributed by atoms with E-state index in [0.29, 0.717) is 0 Å². The summed E-state index contributed by atoms with van der Waals surface area (Å²) >= 11 is 3.72. The maximum atomic E-state index is 4.35. The lowest BCUT2D eigenvalue weighted by atomic mass is 9.70. The fourth-order valence-corrected chi connectivity index (χ4v) is 13.4. The number of anilines is 3. The van der Waals surface area contributed by atoms with Crippen molar-refractivity contribution in [3.8, 4) is 33.4 Å². The van der Waals surface area contributed by atoms with Crippen LogP contribution >= 0.6 is 23.5 Å². The lowest BCUT2D eigenvalue weighted by molar-refractivity contribution is 0.660. The van der Waals surface area contributed by atoms with Gasteiger partial charge in [-0.1, -0.05) is 190 Å². The standard InChI is InChI=1S/C59H43NS2/c1-5-53-57(62-55-26-16-15-25-54(55)61-53)56-37(2)59(50-24-14-11-21-47(50)56)49-23-13-10-20-44(49)46-34-32-42(36-52(46)59)60(40-29-27-39(28-30-40)38-17-7-6-8-18-38)41-31-33-45-43-19-9-12-22-48(43)58(3,4)51(45)35-41/h5-36H,1H2,2-4H3. The Labute approximate surface area is 373 Å². The van der Waals surface area contributed by atoms with E-state index in [2.05, 4.69) is 226 Å². The Hall–Kier alpha value is -6.52. The van der Waals surface area contributed by atoms with Crippen LogP contribution in [0, 0.1) is 0 Å². The van der Waals surface area contributed by atoms with Crippen LogP contribution in [0.2, 0.25) is 0 Å². The summed E-state index contributed by atoms with van der Waals surface area (Å²) in [6.07, 6.45) is 2.06. The number of hydrogen-bond acceptors (Lipinski definition) is 3. The largest absolute Gasteiger partial charge is 0.310 e. The molecule has 0 saturated carbocycles. The number of rotatable bonds is 6. The van der Waals surface area contributed by atoms with Crippen molar-refractivity contribution in [2.45, 2.75) is 41.4 Å². The average Bonchev–Trinajstić information content (AvgIpc) is 3.86. The molecule has 1 unspecified atom stereocenters. The van der Waals surface area contributed by atoms with Crippen LogP contribution in [0.1, 0.15) is 54.2 Å². The minimum absolute atomic E-state index is 0.130. The Morgan fingerprint density at radius 3 is 1.61 bits per heavy atom. The third-order valence-electron chi connectivity index (χ3n) is 13.8. The van der Waals surface area contributed by atoms with Crippen LogP contribution in [-0.4, -0.2) is 0 Å². The fourth-order valence-electron chi connectivity index (χ4n) is 11.0. The molecule has 0 amide bonds. The van der Waals surface area contributed by atoms with Gasteiger partial charge in [0.1, 0.15) is 0 Å². The van der Waals surface area contributed by atoms with Gasteiger partial charge >= 0.3 is 0 Å². The Morgan fingerprint density at radius 2 is 0.935 bits per heavy atom. The maximum absolute atomic E-state index is 4.35. The van der Waals surface area contributed by atoms with E-state index in [1.54, 1.807) is 0 Å². The fraction of sp³-hybridized carbons (Fsp3) is 0.0847. The van der Waals surface area contributed by atoms with Gasteiger partial charge in [0.2, 0.25) is 0 Å². The van der Waals surface area contributed by atoms with E-state index in [-0.39, 0.29) is 5.41 Å². The summed E-state index contributed by atoms with van der Waals surface area (Å²) in [5, 5.41) is 0. The average molecular weight is 830 g/mol. The monoisotopic (exact) mass is 829 g/mol. The van der Waals surface area contributed by atoms with Gasteiger partial charge in [-0.15, -0.1) is 0 Å². The maximum Gasteiger partial charge on any atom is 0.0686 e. The smallest absolute Gasteiger partial charge is 0.0686 e. The van der Waals surface area contributed by atoms with Crippen LogP contribution in [-0.2, 0) is 10.8 Å². The molecular weight excluding hydrogens is 787 g/mol. The number of benzene rings is 8. The normalized spacial score (nSPS) is 17.3. The first kappa shape index (κ1) is 37.3. The van der Waals surface area contributed by atoms with E-state index in [4.69, 9.17) is 0 Å². The number of thioether (sulfide) groups is 2. The van der Waals surface area contributed by atoms with Crippen LogP contribution in [0.5, 0.6) is 0 Å². The van der Waals surface area contributed by atoms with Crippen molar-refractivity contribution in [3.63, 3.8) is 0 Å². The second kappa shape index (κ2) is 14.0. The molecule has 0 N–H and O–H groups in total. The predicted octanol–water partition coefficient (Wildman–Crippen LogP) is 16.5. The van der Waals surface area contributed by atoms with E-state index in [9.17, 15) is 0 Å². The first-order valence-electron chi connectivity index (χ1n) is 21.5. The molecule has 296 valence electrons. The van der Waals surface area contributed by atoms with Gasteiger partial charge in [-0.3, -0.25) is 0 Å². The molecule has 1 spiro atoms. The summed E-state index contributed by atoms with van der Waals surface area (Å²) < 4.78 is 0. The van der Waals surface area contributed by atoms with Crippen molar-refractivity contribution in [2.75, 3.05) is 4.90 Å². The lowest BCUT2D eigenvalue weighted by Gasteiger charge is -2.33. The summed E-state index contributed by atoms with van der Waals surface area (Å²) in [5.41, 5.74) is 21.2. The Morgan fingerprint density at radius 1 is 0.452 bits per heavy atom. The van der Waals surface area contributed by atoms with Crippen molar-refractivity contribution in [1.29, 1.82) is 0 Å². The molecule has 3 heteroatoms. The quantitative estimate of drug-likeness (QED) is 0.164. The summed E-state index contributed by atoms with van der Waals surface area (Å²) in [7, 11) is 0. The predicted molar refractivity (Wildman–Crippen MR) is 264 cm³/mol. The summed E-state index contributed by atoms with van der Waals surface area (Å²) in [5.74, 6) is 0. The van der Waals surface area contributed by atoms with Gasteiger partial charge in [0.15, 0.2) is 0 Å². The molecule has 0 fully saturated rings. The molecule has 8 aromatic carbocycles. The van der Waals surface area contributed by atoms with E-state index >= 15 is 0 Å². The highest BCUT2D eigenvalue weighted by atomic mass is 32.2. The molecule has 8 aromatic rings. The van der Waals surface area contributed by atoms with Crippen LogP contribution in [0.15, 0.2) is 226 Å². The van der Waals surface area contributed by atoms with Crippen molar-refractivity contribution in [3.05, 3.63) is 249 Å². The highest BCUT2D eigenvalue weighted by Gasteiger charge is 2.52. The molecule has 1 nitrogen and oxygen atoms in total. The Kier molecular flexibility index (Phi) is 8.42. The molecule has 4 aliphatic rings. The van der Waals surface area contributed by atoms with Gasteiger partial charge in [0.25, 0.3) is 0 Å². The Balaban J connectivity index is 1.09. The SMILES string of the molecule is C=CC1=C(C2=C(C)C3(c4ccccc42)c2ccccc2-c2ccc(N(c4ccc(-c5ccccc5)cc4)c4ccc5c(c4)C(C)(C)c4ccccc4-5)cc23)Sc2ccccc2S1. The minimum atomic E-state index is -0.486. The third-order valence-corrected chi connectivity index (χ3v) is 16.4. The molecule has 1 atom stereocenters. The zero-order chi connectivity index (χ0) is 41.7. The van der Waals surface area contributed by atoms with E-state index < -0.39 is 5.41 Å². The van der Waals surface area contributed by atoms with Gasteiger partial charge < -0.3 is 4.90 Å². The highest BCUT2D eigenvalue weighted by Crippen LogP contribution is 2.65. The number of fused-ring (bicyclic) bond motifs is 11. The molecule has 1 heterocycles. The lowest BCUT2D eigenvalue weighted by Crippen LogP contribution is -2.26. The number of allylic oxidation sites excluding steroid dienone is 3. The molecule has 3 aliphatic carbocycles. The molecule has 0 saturated heterocycles. The van der Waals surface area contributed by atoms with Crippen LogP contribution in [0.4, 0.5) is 17.1 Å². The van der Waals surface area contributed by atoms with Crippen molar-refractivity contribution >= 4 is 46.2 Å². The Bertz CT molecular complexity index is 3240. The molecule has 12 rings (SSSR count). The number of nitrogens with zero attached hydrogens (tertiary/aromatic N) is 1. The van der Waals surface area contributed by atoms with E-state index in [1.807, 2.05) is 23.5 Å². The van der Waals surface area contributed by atoms with Crippen molar-refractivity contribution < 1.29 is 0 Å². The first-order chi connectivity index (χ1) is 30.4. The zero-order valence-electron chi connectivity index (χ0n) is 34.9. The van der Waals surface area contributed by atoms with Crippen molar-refractivity contribution in [2.24, 2.45) is 0 Å². The zero-order valence-corrected chi connectivity index (χ0v) is 36.6. The summed E-state index contributed by atoms with van der Waals surface area (Å²) in [4.78, 5) is 7.55. The van der Waals surface area contributed by atoms with Crippen LogP contribution in [0.25, 0.3) is 39.0 Å². The van der Waals surface area contributed by atoms with Crippen LogP contribution < -0.4 is 4.90 Å². The van der Waals surface area contributed by atoms with Gasteiger partial charge in [0, 0.05) is 42.1 Å². The summed E-state index contributed by atoms with van der Waals surface area (Å²) in [6.45, 7) is 11.5. The second-order valence-electron chi connectivity index (χ2n) is 17.3. The van der Waals surface area contributed by atoms with Gasteiger partial charge in [-0.05, 0) is 133 Å². The van der Waals surface area contributed by atoms with Crippen LogP contribution in [0.3, 0.4) is 0 Å². The van der Waals surface area contributed by atoms with Gasteiger partial charge in [0.05, 0.1) is 5.41 Å². The first-order valence-corrected chi connectivity index (χ1v) is 23.1. The van der Waals surface area contributed by atoms with E-state index in [0.717, 1.165) is 17.1 Å². The van der Waals surface area contributed by atoms with E-state index in [1.165, 1.54) is 97.5 Å². The second-order valence-corrected chi connectivity index (χ2v) is 19.4. The molecular formula is C59H43NS2. The minimum Gasteiger partial charge on any atom is -0.310 e. The van der Waals surface area contributed by atoms with Gasteiger partial charge in [-0.25, -0.2) is 0 Å². The highest BCUT2D eigenvalue weighted by molar-refractivity contribution is 8.09. The molecule has 1 aliphatic heterocycles. The summed E-state index contributed by atoms with van der Waals surface area (Å²) in [6, 6.07) is 70.1. The van der Waals surface area contributed by atoms with Crippen molar-refractivity contribution in [1.82, 2.24) is 0 Å². The number of hydrogen-bond donors (Lipinski definition) is 0.